The van der Waals surface area contributed by atoms with E-state index >= 15 is 0 Å². The van der Waals surface area contributed by atoms with Crippen molar-refractivity contribution in [1.82, 2.24) is 9.21 Å². The number of nitrogens with two attached hydrogens (primary N) is 1. The number of carbonyl (C=O) groups excluding carboxylic acids is 1. The molecule has 0 aromatic carbocycles. The monoisotopic (exact) mass is 421 g/mol. The van der Waals surface area contributed by atoms with Gasteiger partial charge < -0.3 is 10.6 Å². The predicted molar refractivity (Wildman–Crippen MR) is 106 cm³/mol. The first kappa shape index (κ1) is 21.6. The Labute approximate surface area is 166 Å². The quantitative estimate of drug-likeness (QED) is 0.809. The van der Waals surface area contributed by atoms with Crippen molar-refractivity contribution in [2.75, 3.05) is 26.2 Å². The first-order valence-electron chi connectivity index (χ1n) is 9.04. The van der Waals surface area contributed by atoms with E-state index in [1.54, 1.807) is 16.4 Å². The first-order chi connectivity index (χ1) is 11.9. The van der Waals surface area contributed by atoms with Crippen LogP contribution in [0.15, 0.2) is 16.3 Å². The summed E-state index contributed by atoms with van der Waals surface area (Å²) < 4.78 is 27.5. The van der Waals surface area contributed by atoms with E-state index in [0.29, 0.717) is 37.0 Å². The maximum atomic E-state index is 12.8. The van der Waals surface area contributed by atoms with Gasteiger partial charge in [0, 0.05) is 32.2 Å². The van der Waals surface area contributed by atoms with E-state index in [2.05, 4.69) is 6.92 Å². The van der Waals surface area contributed by atoms with E-state index in [9.17, 15) is 13.2 Å². The molecule has 1 unspecified atom stereocenters. The Kier molecular flexibility index (Phi) is 7.50. The molecule has 1 aromatic rings. The van der Waals surface area contributed by atoms with E-state index in [4.69, 9.17) is 5.73 Å². The number of rotatable bonds is 4. The van der Waals surface area contributed by atoms with Crippen LogP contribution in [0.4, 0.5) is 0 Å². The van der Waals surface area contributed by atoms with E-state index in [1.165, 1.54) is 0 Å². The minimum Gasteiger partial charge on any atom is -0.334 e. The van der Waals surface area contributed by atoms with Gasteiger partial charge in [-0.05, 0) is 50.2 Å². The molecule has 0 radical (unpaired) electrons. The summed E-state index contributed by atoms with van der Waals surface area (Å²) in [6.45, 7) is 4.43. The zero-order chi connectivity index (χ0) is 18.0. The van der Waals surface area contributed by atoms with Gasteiger partial charge in [-0.1, -0.05) is 6.92 Å². The molecule has 2 fully saturated rings. The molecule has 2 N–H and O–H groups in total. The van der Waals surface area contributed by atoms with Gasteiger partial charge in [-0.3, -0.25) is 4.79 Å². The van der Waals surface area contributed by atoms with Crippen LogP contribution in [0.5, 0.6) is 0 Å². The van der Waals surface area contributed by atoms with Crippen LogP contribution in [-0.4, -0.2) is 55.8 Å². The number of thiophene rings is 1. The highest BCUT2D eigenvalue weighted by atomic mass is 35.5. The molecule has 3 rings (SSSR count). The highest BCUT2D eigenvalue weighted by molar-refractivity contribution is 7.91. The topological polar surface area (TPSA) is 83.7 Å². The van der Waals surface area contributed by atoms with E-state index in [1.807, 2.05) is 4.90 Å². The molecule has 2 aliphatic rings. The molecule has 0 bridgehead atoms. The summed E-state index contributed by atoms with van der Waals surface area (Å²) >= 11 is 1.09. The number of likely N-dealkylation sites (tertiary alicyclic amines) is 1. The number of sulfonamides is 1. The summed E-state index contributed by atoms with van der Waals surface area (Å²) in [7, 11) is -3.49. The van der Waals surface area contributed by atoms with Gasteiger partial charge in [0.15, 0.2) is 0 Å². The molecule has 2 saturated heterocycles. The fraction of sp³-hybridized carbons (Fsp3) is 0.706. The lowest BCUT2D eigenvalue weighted by molar-refractivity contribution is 0.0628. The van der Waals surface area contributed by atoms with Crippen LogP contribution < -0.4 is 5.73 Å². The third-order valence-corrected chi connectivity index (χ3v) is 8.73. The molecule has 3 heterocycles. The van der Waals surface area contributed by atoms with Gasteiger partial charge >= 0.3 is 0 Å². The smallest absolute Gasteiger partial charge is 0.264 e. The van der Waals surface area contributed by atoms with Crippen molar-refractivity contribution in [1.29, 1.82) is 0 Å². The van der Waals surface area contributed by atoms with Crippen molar-refractivity contribution >= 4 is 39.7 Å². The Bertz CT molecular complexity index is 715. The number of piperidine rings is 2. The molecule has 1 atom stereocenters. The summed E-state index contributed by atoms with van der Waals surface area (Å²) in [5.41, 5.74) is 5.80. The average Bonchev–Trinajstić information content (AvgIpc) is 3.12. The maximum Gasteiger partial charge on any atom is 0.264 e. The van der Waals surface area contributed by atoms with Crippen molar-refractivity contribution in [3.8, 4) is 0 Å². The zero-order valence-electron chi connectivity index (χ0n) is 15.1. The predicted octanol–water partition coefficient (Wildman–Crippen LogP) is 2.54. The van der Waals surface area contributed by atoms with Crippen LogP contribution in [0.1, 0.15) is 48.7 Å². The summed E-state index contributed by atoms with van der Waals surface area (Å²) in [5, 5.41) is 0. The molecule has 26 heavy (non-hydrogen) atoms. The maximum absolute atomic E-state index is 12.8. The van der Waals surface area contributed by atoms with Crippen LogP contribution in [0.2, 0.25) is 0 Å². The van der Waals surface area contributed by atoms with Gasteiger partial charge in [0.25, 0.3) is 15.9 Å². The van der Waals surface area contributed by atoms with E-state index < -0.39 is 10.0 Å². The Morgan fingerprint density at radius 3 is 2.54 bits per heavy atom. The van der Waals surface area contributed by atoms with Crippen LogP contribution in [0.25, 0.3) is 0 Å². The first-order valence-corrected chi connectivity index (χ1v) is 11.3. The minimum atomic E-state index is -3.49. The normalized spacial score (nSPS) is 22.8. The van der Waals surface area contributed by atoms with Crippen LogP contribution >= 0.6 is 23.7 Å². The van der Waals surface area contributed by atoms with Crippen molar-refractivity contribution in [3.63, 3.8) is 0 Å². The van der Waals surface area contributed by atoms with Crippen molar-refractivity contribution < 1.29 is 13.2 Å². The molecule has 1 aromatic heterocycles. The van der Waals surface area contributed by atoms with Crippen LogP contribution in [0, 0.1) is 5.92 Å². The standard InChI is InChI=1S/C17H27N3O3S2.ClH/c1-13-7-10-19(11-8-13)25(22,23)16-6-5-15(24-16)17(21)20-9-3-2-4-14(20)12-18;/h5-6,13-14H,2-4,7-12,18H2,1H3;1H. The summed E-state index contributed by atoms with van der Waals surface area (Å²) in [6, 6.07) is 3.29. The van der Waals surface area contributed by atoms with Crippen molar-refractivity contribution in [2.45, 2.75) is 49.3 Å². The van der Waals surface area contributed by atoms with Crippen molar-refractivity contribution in [3.05, 3.63) is 17.0 Å². The fourth-order valence-electron chi connectivity index (χ4n) is 3.58. The molecule has 2 aliphatic heterocycles. The highest BCUT2D eigenvalue weighted by Gasteiger charge is 2.32. The van der Waals surface area contributed by atoms with Gasteiger partial charge in [-0.15, -0.1) is 23.7 Å². The SMILES string of the molecule is CC1CCN(S(=O)(=O)c2ccc(C(=O)N3CCCCC3CN)s2)CC1.Cl. The number of hydrogen-bond acceptors (Lipinski definition) is 5. The Morgan fingerprint density at radius 2 is 1.88 bits per heavy atom. The largest absolute Gasteiger partial charge is 0.334 e. The zero-order valence-corrected chi connectivity index (χ0v) is 17.5. The Hall–Kier alpha value is -0.670. The van der Waals surface area contributed by atoms with Gasteiger partial charge in [0.2, 0.25) is 0 Å². The Morgan fingerprint density at radius 1 is 1.19 bits per heavy atom. The molecule has 9 heteroatoms. The number of carbonyl (C=O) groups is 1. The van der Waals surface area contributed by atoms with Crippen LogP contribution in [-0.2, 0) is 10.0 Å². The lowest BCUT2D eigenvalue weighted by atomic mass is 10.0. The Balaban J connectivity index is 0.00000243. The number of hydrogen-bond donors (Lipinski definition) is 1. The van der Waals surface area contributed by atoms with Gasteiger partial charge in [0.1, 0.15) is 4.21 Å². The van der Waals surface area contributed by atoms with E-state index in [-0.39, 0.29) is 28.6 Å². The second-order valence-electron chi connectivity index (χ2n) is 7.09. The van der Waals surface area contributed by atoms with E-state index in [0.717, 1.165) is 43.4 Å². The van der Waals surface area contributed by atoms with Crippen molar-refractivity contribution in [2.24, 2.45) is 11.7 Å². The number of halogens is 1. The third-order valence-electron chi connectivity index (χ3n) is 5.29. The number of nitrogens with zero attached hydrogens (tertiary/aromatic N) is 2. The second-order valence-corrected chi connectivity index (χ2v) is 10.3. The fourth-order valence-corrected chi connectivity index (χ4v) is 6.47. The number of amides is 1. The van der Waals surface area contributed by atoms with Gasteiger partial charge in [0.05, 0.1) is 4.88 Å². The second kappa shape index (κ2) is 9.01. The highest BCUT2D eigenvalue weighted by Crippen LogP contribution is 2.30. The summed E-state index contributed by atoms with van der Waals surface area (Å²) in [4.78, 5) is 15.1. The summed E-state index contributed by atoms with van der Waals surface area (Å²) in [6.07, 6.45) is 4.77. The molecular weight excluding hydrogens is 394 g/mol. The molecule has 0 aliphatic carbocycles. The molecule has 0 saturated carbocycles. The third kappa shape index (κ3) is 4.42. The molecule has 6 nitrogen and oxygen atoms in total. The minimum absolute atomic E-state index is 0. The molecule has 148 valence electrons. The average molecular weight is 422 g/mol. The van der Waals surface area contributed by atoms with Crippen LogP contribution in [0.3, 0.4) is 0 Å². The molecule has 1 amide bonds. The lowest BCUT2D eigenvalue weighted by Gasteiger charge is -2.34. The lowest BCUT2D eigenvalue weighted by Crippen LogP contribution is -2.47. The van der Waals surface area contributed by atoms with Gasteiger partial charge in [-0.25, -0.2) is 8.42 Å². The molecular formula is C17H28ClN3O3S2. The summed E-state index contributed by atoms with van der Waals surface area (Å²) in [5.74, 6) is 0.480. The molecule has 0 spiro atoms. The van der Waals surface area contributed by atoms with Gasteiger partial charge in [-0.2, -0.15) is 4.31 Å².